The van der Waals surface area contributed by atoms with Crippen molar-refractivity contribution in [2.24, 2.45) is 0 Å². The van der Waals surface area contributed by atoms with Gasteiger partial charge in [-0.15, -0.1) is 0 Å². The summed E-state index contributed by atoms with van der Waals surface area (Å²) in [4.78, 5) is 23.5. The van der Waals surface area contributed by atoms with Gasteiger partial charge in [-0.05, 0) is 38.5 Å². The highest BCUT2D eigenvalue weighted by molar-refractivity contribution is 6.03. The van der Waals surface area contributed by atoms with Crippen molar-refractivity contribution in [3.8, 4) is 6.07 Å². The van der Waals surface area contributed by atoms with Crippen molar-refractivity contribution in [1.82, 2.24) is 15.2 Å². The van der Waals surface area contributed by atoms with Crippen molar-refractivity contribution in [2.75, 3.05) is 26.8 Å². The minimum atomic E-state index is -4.54. The number of alkyl halides is 3. The number of hydrogen-bond donors (Lipinski definition) is 2. The maximum Gasteiger partial charge on any atom is 0.405 e. The first-order chi connectivity index (χ1) is 13.0. The van der Waals surface area contributed by atoms with E-state index in [0.717, 1.165) is 11.4 Å². The Morgan fingerprint density at radius 1 is 1.36 bits per heavy atom. The first-order valence-electron chi connectivity index (χ1n) is 8.41. The number of halogens is 3. The standard InChI is InChI=1S/C18H23F3N4O3/c1-11-5-14(13(3)25(11)12(2)9-28-4)6-15(7-22)17(27)23-8-16(26)24-10-18(19,20)21/h5-6,12H,8-10H2,1-4H3,(H,23,27)(H,24,26)/b15-6-/t12-/m0/s1. The fraction of sp³-hybridized carbons (Fsp3) is 0.500. The number of aromatic nitrogens is 1. The van der Waals surface area contributed by atoms with Crippen LogP contribution >= 0.6 is 0 Å². The highest BCUT2D eigenvalue weighted by atomic mass is 19.4. The van der Waals surface area contributed by atoms with Crippen LogP contribution in [-0.2, 0) is 14.3 Å². The smallest absolute Gasteiger partial charge is 0.383 e. The number of rotatable bonds is 8. The van der Waals surface area contributed by atoms with Crippen LogP contribution in [0, 0.1) is 25.2 Å². The zero-order chi connectivity index (χ0) is 21.5. The van der Waals surface area contributed by atoms with Crippen LogP contribution in [0.15, 0.2) is 11.6 Å². The number of carbonyl (C=O) groups excluding carboxylic acids is 2. The number of nitrogens with zero attached hydrogens (tertiary/aromatic N) is 2. The molecule has 28 heavy (non-hydrogen) atoms. The lowest BCUT2D eigenvalue weighted by molar-refractivity contribution is -0.138. The van der Waals surface area contributed by atoms with Gasteiger partial charge in [-0.2, -0.15) is 18.4 Å². The Labute approximate surface area is 161 Å². The second-order valence-electron chi connectivity index (χ2n) is 6.25. The minimum Gasteiger partial charge on any atom is -0.383 e. The molecule has 0 aliphatic rings. The topological polar surface area (TPSA) is 96.2 Å². The van der Waals surface area contributed by atoms with E-state index in [9.17, 15) is 28.0 Å². The van der Waals surface area contributed by atoms with Crippen molar-refractivity contribution >= 4 is 17.9 Å². The lowest BCUT2D eigenvalue weighted by Crippen LogP contribution is -2.41. The van der Waals surface area contributed by atoms with E-state index in [0.29, 0.717) is 12.2 Å². The fourth-order valence-corrected chi connectivity index (χ4v) is 2.76. The molecule has 1 aromatic heterocycles. The molecule has 0 aliphatic carbocycles. The molecule has 7 nitrogen and oxygen atoms in total. The van der Waals surface area contributed by atoms with Crippen molar-refractivity contribution in [1.29, 1.82) is 5.26 Å². The maximum absolute atomic E-state index is 12.1. The van der Waals surface area contributed by atoms with Gasteiger partial charge in [0.1, 0.15) is 18.2 Å². The third-order valence-electron chi connectivity index (χ3n) is 3.93. The molecule has 154 valence electrons. The molecule has 2 amide bonds. The Hall–Kier alpha value is -2.80. The Bertz CT molecular complexity index is 791. The molecule has 1 heterocycles. The molecule has 0 saturated heterocycles. The van der Waals surface area contributed by atoms with Crippen LogP contribution in [-0.4, -0.2) is 49.4 Å². The maximum atomic E-state index is 12.1. The molecule has 1 aromatic rings. The molecule has 10 heteroatoms. The summed E-state index contributed by atoms with van der Waals surface area (Å²) in [6.45, 7) is 4.01. The first kappa shape index (κ1) is 23.2. The summed E-state index contributed by atoms with van der Waals surface area (Å²) in [5.74, 6) is -1.85. The van der Waals surface area contributed by atoms with Crippen LogP contribution in [0.3, 0.4) is 0 Å². The van der Waals surface area contributed by atoms with Crippen LogP contribution in [0.5, 0.6) is 0 Å². The number of amides is 2. The summed E-state index contributed by atoms with van der Waals surface area (Å²) in [6.07, 6.45) is -3.17. The molecule has 0 aliphatic heterocycles. The van der Waals surface area contributed by atoms with Crippen LogP contribution in [0.2, 0.25) is 0 Å². The zero-order valence-corrected chi connectivity index (χ0v) is 16.1. The molecule has 0 radical (unpaired) electrons. The number of aryl methyl sites for hydroxylation is 1. The Morgan fingerprint density at radius 3 is 2.54 bits per heavy atom. The highest BCUT2D eigenvalue weighted by Crippen LogP contribution is 2.22. The van der Waals surface area contributed by atoms with Gasteiger partial charge in [-0.25, -0.2) is 0 Å². The van der Waals surface area contributed by atoms with Crippen LogP contribution in [0.4, 0.5) is 13.2 Å². The van der Waals surface area contributed by atoms with E-state index in [4.69, 9.17) is 4.74 Å². The second-order valence-corrected chi connectivity index (χ2v) is 6.25. The minimum absolute atomic E-state index is 0.0452. The summed E-state index contributed by atoms with van der Waals surface area (Å²) in [5.41, 5.74) is 2.12. The third kappa shape index (κ3) is 6.74. The molecule has 1 rings (SSSR count). The zero-order valence-electron chi connectivity index (χ0n) is 16.1. The highest BCUT2D eigenvalue weighted by Gasteiger charge is 2.27. The van der Waals surface area contributed by atoms with Crippen molar-refractivity contribution in [3.05, 3.63) is 28.6 Å². The number of ether oxygens (including phenoxy) is 1. The number of methoxy groups -OCH3 is 1. The third-order valence-corrected chi connectivity index (χ3v) is 3.93. The molecule has 0 aromatic carbocycles. The van der Waals surface area contributed by atoms with Gasteiger partial charge in [0.2, 0.25) is 5.91 Å². The molecular formula is C18H23F3N4O3. The Kier molecular flexibility index (Phi) is 8.25. The van der Waals surface area contributed by atoms with E-state index in [2.05, 4.69) is 5.32 Å². The molecule has 0 fully saturated rings. The summed E-state index contributed by atoms with van der Waals surface area (Å²) in [7, 11) is 1.59. The second kappa shape index (κ2) is 9.94. The molecule has 0 bridgehead atoms. The SMILES string of the molecule is COC[C@H](C)n1c(C)cc(/C=C(/C#N)C(=O)NCC(=O)NCC(F)(F)F)c1C. The summed E-state index contributed by atoms with van der Waals surface area (Å²) >= 11 is 0. The van der Waals surface area contributed by atoms with Gasteiger partial charge in [-0.3, -0.25) is 9.59 Å². The molecule has 1 atom stereocenters. The van der Waals surface area contributed by atoms with Gasteiger partial charge >= 0.3 is 6.18 Å². The Morgan fingerprint density at radius 2 is 2.00 bits per heavy atom. The molecule has 0 spiro atoms. The van der Waals surface area contributed by atoms with E-state index in [1.54, 1.807) is 18.5 Å². The van der Waals surface area contributed by atoms with E-state index < -0.39 is 31.1 Å². The van der Waals surface area contributed by atoms with E-state index >= 15 is 0 Å². The fourth-order valence-electron chi connectivity index (χ4n) is 2.76. The van der Waals surface area contributed by atoms with E-state index in [-0.39, 0.29) is 11.6 Å². The first-order valence-corrected chi connectivity index (χ1v) is 8.41. The monoisotopic (exact) mass is 400 g/mol. The van der Waals surface area contributed by atoms with Crippen molar-refractivity contribution in [3.63, 3.8) is 0 Å². The number of carbonyl (C=O) groups is 2. The predicted molar refractivity (Wildman–Crippen MR) is 96.2 cm³/mol. The molecule has 0 saturated carbocycles. The Balaban J connectivity index is 2.86. The normalized spacial score (nSPS) is 13.0. The summed E-state index contributed by atoms with van der Waals surface area (Å²) in [6, 6.07) is 3.60. The van der Waals surface area contributed by atoms with E-state index in [1.807, 2.05) is 31.4 Å². The van der Waals surface area contributed by atoms with Gasteiger partial charge in [0.15, 0.2) is 0 Å². The molecule has 2 N–H and O–H groups in total. The summed E-state index contributed by atoms with van der Waals surface area (Å²) < 4.78 is 43.3. The number of nitrogens with one attached hydrogen (secondary N) is 2. The summed E-state index contributed by atoms with van der Waals surface area (Å²) in [5, 5.41) is 13.0. The van der Waals surface area contributed by atoms with Gasteiger partial charge in [0.05, 0.1) is 19.2 Å². The average molecular weight is 400 g/mol. The quantitative estimate of drug-likeness (QED) is 0.515. The van der Waals surface area contributed by atoms with Crippen molar-refractivity contribution in [2.45, 2.75) is 33.0 Å². The number of nitriles is 1. The van der Waals surface area contributed by atoms with Gasteiger partial charge in [0, 0.05) is 18.5 Å². The van der Waals surface area contributed by atoms with Gasteiger partial charge in [0.25, 0.3) is 5.91 Å². The van der Waals surface area contributed by atoms with Crippen LogP contribution in [0.1, 0.15) is 29.9 Å². The lowest BCUT2D eigenvalue weighted by Gasteiger charge is -2.17. The van der Waals surface area contributed by atoms with Gasteiger partial charge < -0.3 is 19.9 Å². The largest absolute Gasteiger partial charge is 0.405 e. The van der Waals surface area contributed by atoms with Gasteiger partial charge in [-0.1, -0.05) is 0 Å². The van der Waals surface area contributed by atoms with E-state index in [1.165, 1.54) is 6.08 Å². The van der Waals surface area contributed by atoms with Crippen molar-refractivity contribution < 1.29 is 27.5 Å². The average Bonchev–Trinajstić information content (AvgIpc) is 2.88. The molecule has 0 unspecified atom stereocenters. The predicted octanol–water partition coefficient (Wildman–Crippen LogP) is 2.01. The molecular weight excluding hydrogens is 377 g/mol. The van der Waals surface area contributed by atoms with Crippen LogP contribution in [0.25, 0.3) is 6.08 Å². The van der Waals surface area contributed by atoms with Crippen LogP contribution < -0.4 is 10.6 Å². The lowest BCUT2D eigenvalue weighted by atomic mass is 10.1. The number of hydrogen-bond acceptors (Lipinski definition) is 4.